The highest BCUT2D eigenvalue weighted by Crippen LogP contribution is 2.34. The van der Waals surface area contributed by atoms with Crippen LogP contribution in [-0.2, 0) is 16.0 Å². The summed E-state index contributed by atoms with van der Waals surface area (Å²) in [5.41, 5.74) is 2.36. The second kappa shape index (κ2) is 13.0. The molecular formula is C27H38N2O4S. The van der Waals surface area contributed by atoms with Crippen LogP contribution in [0.2, 0.25) is 0 Å². The first-order valence-electron chi connectivity index (χ1n) is 12.0. The van der Waals surface area contributed by atoms with Crippen LogP contribution in [0.25, 0.3) is 0 Å². The maximum atomic E-state index is 13.5. The number of aliphatic hydroxyl groups is 1. The smallest absolute Gasteiger partial charge is 0.237 e. The number of nitrogens with zero attached hydrogens (tertiary/aromatic N) is 2. The summed E-state index contributed by atoms with van der Waals surface area (Å²) in [5, 5.41) is 12.5. The van der Waals surface area contributed by atoms with Gasteiger partial charge in [0.25, 0.3) is 0 Å². The van der Waals surface area contributed by atoms with Crippen molar-refractivity contribution in [1.29, 1.82) is 0 Å². The summed E-state index contributed by atoms with van der Waals surface area (Å²) in [4.78, 5) is 18.6. The van der Waals surface area contributed by atoms with Crippen molar-refractivity contribution in [3.05, 3.63) is 64.4 Å². The van der Waals surface area contributed by atoms with E-state index in [1.54, 1.807) is 17.4 Å². The molecule has 7 heteroatoms. The monoisotopic (exact) mass is 486 g/mol. The van der Waals surface area contributed by atoms with E-state index in [2.05, 4.69) is 31.9 Å². The van der Waals surface area contributed by atoms with E-state index in [4.69, 9.17) is 9.47 Å². The van der Waals surface area contributed by atoms with E-state index >= 15 is 0 Å². The van der Waals surface area contributed by atoms with Crippen LogP contribution in [0.15, 0.2) is 48.4 Å². The van der Waals surface area contributed by atoms with Gasteiger partial charge < -0.3 is 19.5 Å². The third-order valence-corrected chi connectivity index (χ3v) is 6.82. The number of amides is 1. The van der Waals surface area contributed by atoms with Gasteiger partial charge in [-0.2, -0.15) is 0 Å². The van der Waals surface area contributed by atoms with Crippen LogP contribution in [0.1, 0.15) is 35.9 Å². The lowest BCUT2D eigenvalue weighted by molar-refractivity contribution is -0.136. The van der Waals surface area contributed by atoms with Gasteiger partial charge in [-0.3, -0.25) is 9.69 Å². The molecule has 186 valence electrons. The Bertz CT molecular complexity index is 912. The molecule has 0 radical (unpaired) electrons. The second-order valence-corrected chi connectivity index (χ2v) is 10.3. The third-order valence-electron chi connectivity index (χ3n) is 5.82. The topological polar surface area (TPSA) is 62.2 Å². The van der Waals surface area contributed by atoms with Crippen molar-refractivity contribution in [2.75, 3.05) is 46.0 Å². The second-order valence-electron chi connectivity index (χ2n) is 9.34. The number of carbonyl (C=O) groups excluding carboxylic acids is 1. The number of benzene rings is 1. The largest absolute Gasteiger partial charge is 0.491 e. The average Bonchev–Trinajstić information content (AvgIpc) is 3.27. The highest BCUT2D eigenvalue weighted by Gasteiger charge is 2.33. The summed E-state index contributed by atoms with van der Waals surface area (Å²) >= 11 is 1.74. The van der Waals surface area contributed by atoms with E-state index in [-0.39, 0.29) is 25.1 Å². The molecule has 0 bridgehead atoms. The molecule has 2 heterocycles. The molecule has 1 amide bonds. The average molecular weight is 487 g/mol. The van der Waals surface area contributed by atoms with E-state index in [0.29, 0.717) is 38.8 Å². The van der Waals surface area contributed by atoms with Crippen molar-refractivity contribution in [3.63, 3.8) is 0 Å². The molecule has 1 aliphatic rings. The molecule has 1 N–H and O–H groups in total. The van der Waals surface area contributed by atoms with Crippen LogP contribution < -0.4 is 4.74 Å². The molecule has 2 aromatic rings. The fourth-order valence-electron chi connectivity index (χ4n) is 4.14. The molecule has 0 aliphatic carbocycles. The van der Waals surface area contributed by atoms with Gasteiger partial charge in [-0.1, -0.05) is 37.6 Å². The number of fused-ring (bicyclic) bond motifs is 1. The lowest BCUT2D eigenvalue weighted by atomic mass is 10.0. The molecule has 1 aromatic heterocycles. The number of hydrogen-bond donors (Lipinski definition) is 1. The van der Waals surface area contributed by atoms with Crippen LogP contribution in [-0.4, -0.2) is 72.9 Å². The molecule has 0 spiro atoms. The van der Waals surface area contributed by atoms with Crippen molar-refractivity contribution < 1.29 is 19.4 Å². The summed E-state index contributed by atoms with van der Waals surface area (Å²) in [6.07, 6.45) is 1.96. The predicted molar refractivity (Wildman–Crippen MR) is 137 cm³/mol. The number of hydrogen-bond acceptors (Lipinski definition) is 6. The van der Waals surface area contributed by atoms with E-state index in [0.717, 1.165) is 12.2 Å². The van der Waals surface area contributed by atoms with Gasteiger partial charge >= 0.3 is 0 Å². The Morgan fingerprint density at radius 3 is 2.76 bits per heavy atom. The SMILES string of the molecule is C=CCN(CC(=O)N1CCc2sccc2[C@@H]1COc1ccc(C)cc1)C[C@@H](O)COCC(C)C. The quantitative estimate of drug-likeness (QED) is 0.432. The molecule has 0 saturated heterocycles. The van der Waals surface area contributed by atoms with E-state index in [1.165, 1.54) is 16.0 Å². The minimum atomic E-state index is -0.656. The van der Waals surface area contributed by atoms with Crippen molar-refractivity contribution >= 4 is 17.2 Å². The van der Waals surface area contributed by atoms with Crippen LogP contribution in [0.4, 0.5) is 0 Å². The molecule has 6 nitrogen and oxygen atoms in total. The lowest BCUT2D eigenvalue weighted by Gasteiger charge is -2.37. The molecule has 0 fully saturated rings. The number of rotatable bonds is 13. The molecule has 2 atom stereocenters. The van der Waals surface area contributed by atoms with Crippen molar-refractivity contribution in [1.82, 2.24) is 9.80 Å². The summed E-state index contributed by atoms with van der Waals surface area (Å²) < 4.78 is 11.7. The number of aliphatic hydroxyl groups excluding tert-OH is 1. The highest BCUT2D eigenvalue weighted by atomic mass is 32.1. The van der Waals surface area contributed by atoms with Gasteiger partial charge in [0.05, 0.1) is 25.3 Å². The zero-order chi connectivity index (χ0) is 24.5. The number of thiophene rings is 1. The Morgan fingerprint density at radius 2 is 2.06 bits per heavy atom. The van der Waals surface area contributed by atoms with Gasteiger partial charge in [0.2, 0.25) is 5.91 Å². The Kier molecular flexibility index (Phi) is 10.1. The fourth-order valence-corrected chi connectivity index (χ4v) is 5.07. The number of carbonyl (C=O) groups is 1. The molecular weight excluding hydrogens is 448 g/mol. The molecule has 1 aliphatic heterocycles. The first-order chi connectivity index (χ1) is 16.4. The summed E-state index contributed by atoms with van der Waals surface area (Å²) in [6.45, 7) is 13.1. The van der Waals surface area contributed by atoms with Crippen molar-refractivity contribution in [2.45, 2.75) is 39.3 Å². The molecule has 0 saturated carbocycles. The zero-order valence-corrected chi connectivity index (χ0v) is 21.4. The zero-order valence-electron chi connectivity index (χ0n) is 20.6. The van der Waals surface area contributed by atoms with Gasteiger partial charge in [0.15, 0.2) is 0 Å². The summed E-state index contributed by atoms with van der Waals surface area (Å²) in [7, 11) is 0. The Morgan fingerprint density at radius 1 is 1.29 bits per heavy atom. The van der Waals surface area contributed by atoms with Crippen LogP contribution >= 0.6 is 11.3 Å². The normalized spacial score (nSPS) is 16.5. The van der Waals surface area contributed by atoms with Gasteiger partial charge in [0, 0.05) is 31.1 Å². The Balaban J connectivity index is 1.64. The maximum Gasteiger partial charge on any atom is 0.237 e. The molecule has 3 rings (SSSR count). The molecule has 1 aromatic carbocycles. The molecule has 34 heavy (non-hydrogen) atoms. The van der Waals surface area contributed by atoms with E-state index in [9.17, 15) is 9.90 Å². The van der Waals surface area contributed by atoms with Gasteiger partial charge in [-0.05, 0) is 48.4 Å². The predicted octanol–water partition coefficient (Wildman–Crippen LogP) is 4.08. The summed E-state index contributed by atoms with van der Waals surface area (Å²) in [6, 6.07) is 9.96. The van der Waals surface area contributed by atoms with Gasteiger partial charge in [0.1, 0.15) is 12.4 Å². The third kappa shape index (κ3) is 7.67. The van der Waals surface area contributed by atoms with Gasteiger partial charge in [-0.15, -0.1) is 17.9 Å². The van der Waals surface area contributed by atoms with Crippen molar-refractivity contribution in [2.24, 2.45) is 5.92 Å². The lowest BCUT2D eigenvalue weighted by Crippen LogP contribution is -2.48. The first kappa shape index (κ1) is 26.4. The van der Waals surface area contributed by atoms with Crippen LogP contribution in [0.5, 0.6) is 5.75 Å². The van der Waals surface area contributed by atoms with Crippen LogP contribution in [0.3, 0.4) is 0 Å². The fraction of sp³-hybridized carbons (Fsp3) is 0.519. The van der Waals surface area contributed by atoms with Crippen molar-refractivity contribution in [3.8, 4) is 5.75 Å². The summed E-state index contributed by atoms with van der Waals surface area (Å²) in [5.74, 6) is 1.25. The minimum absolute atomic E-state index is 0.0338. The Hall–Kier alpha value is -2.19. The van der Waals surface area contributed by atoms with E-state index < -0.39 is 6.10 Å². The minimum Gasteiger partial charge on any atom is -0.491 e. The standard InChI is InChI=1S/C27H38N2O4S/c1-5-12-28(15-22(30)18-32-17-20(2)3)16-27(31)29-13-10-26-24(11-14-34-26)25(29)19-33-23-8-6-21(4)7-9-23/h5-9,11,14,20,22,25,30H,1,10,12-13,15-19H2,2-4H3/t22-,25+/m1/s1. The first-order valence-corrected chi connectivity index (χ1v) is 12.9. The number of aryl methyl sites for hydroxylation is 1. The van der Waals surface area contributed by atoms with Crippen LogP contribution in [0, 0.1) is 12.8 Å². The molecule has 0 unspecified atom stereocenters. The Labute approximate surface area is 207 Å². The number of ether oxygens (including phenoxy) is 2. The highest BCUT2D eigenvalue weighted by molar-refractivity contribution is 7.10. The van der Waals surface area contributed by atoms with E-state index in [1.807, 2.05) is 41.0 Å². The van der Waals surface area contributed by atoms with Gasteiger partial charge in [-0.25, -0.2) is 0 Å². The maximum absolute atomic E-state index is 13.5.